The van der Waals surface area contributed by atoms with E-state index in [0.29, 0.717) is 11.3 Å². The van der Waals surface area contributed by atoms with Crippen LogP contribution in [0.2, 0.25) is 0 Å². The van der Waals surface area contributed by atoms with E-state index >= 15 is 0 Å². The molecule has 1 aliphatic heterocycles. The molecule has 3 heteroatoms. The summed E-state index contributed by atoms with van der Waals surface area (Å²) in [5.41, 5.74) is 0.662. The van der Waals surface area contributed by atoms with Gasteiger partial charge in [-0.15, -0.1) is 11.8 Å². The summed E-state index contributed by atoms with van der Waals surface area (Å²) in [4.78, 5) is 11.8. The number of benzene rings is 1. The third-order valence-electron chi connectivity index (χ3n) is 1.64. The first kappa shape index (κ1) is 6.73. The number of rotatable bonds is 0. The fourth-order valence-electron chi connectivity index (χ4n) is 1.11. The molecule has 1 heterocycles. The third kappa shape index (κ3) is 0.922. The Kier molecular flexibility index (Phi) is 1.39. The Labute approximate surface area is 68.2 Å². The van der Waals surface area contributed by atoms with E-state index in [0.717, 1.165) is 4.90 Å². The SMILES string of the molecule is O=C1CSc2c(O)cccc21. The lowest BCUT2D eigenvalue weighted by molar-refractivity contribution is 0.102. The molecule has 0 amide bonds. The largest absolute Gasteiger partial charge is 0.507 e. The summed E-state index contributed by atoms with van der Waals surface area (Å²) in [6, 6.07) is 5.04. The maximum absolute atomic E-state index is 11.1. The Morgan fingerprint density at radius 2 is 2.27 bits per heavy atom. The number of carbonyl (C=O) groups excluding carboxylic acids is 1. The van der Waals surface area contributed by atoms with Crippen LogP contribution in [-0.2, 0) is 0 Å². The summed E-state index contributed by atoms with van der Waals surface area (Å²) in [5, 5.41) is 9.28. The smallest absolute Gasteiger partial charge is 0.174 e. The van der Waals surface area contributed by atoms with Crippen LogP contribution in [0, 0.1) is 0 Å². The molecular weight excluding hydrogens is 160 g/mol. The van der Waals surface area contributed by atoms with Gasteiger partial charge in [0.05, 0.1) is 10.6 Å². The molecule has 11 heavy (non-hydrogen) atoms. The van der Waals surface area contributed by atoms with Crippen molar-refractivity contribution in [2.24, 2.45) is 0 Å². The fraction of sp³-hybridized carbons (Fsp3) is 0.125. The van der Waals surface area contributed by atoms with Crippen LogP contribution in [-0.4, -0.2) is 16.6 Å². The van der Waals surface area contributed by atoms with Crippen LogP contribution in [0.4, 0.5) is 0 Å². The summed E-state index contributed by atoms with van der Waals surface area (Å²) >= 11 is 1.40. The van der Waals surface area contributed by atoms with Gasteiger partial charge >= 0.3 is 0 Å². The van der Waals surface area contributed by atoms with Crippen LogP contribution < -0.4 is 0 Å². The highest BCUT2D eigenvalue weighted by Gasteiger charge is 2.22. The minimum Gasteiger partial charge on any atom is -0.507 e. The molecule has 0 atom stereocenters. The second-order valence-electron chi connectivity index (χ2n) is 2.37. The Morgan fingerprint density at radius 1 is 1.45 bits per heavy atom. The molecule has 56 valence electrons. The monoisotopic (exact) mass is 166 g/mol. The van der Waals surface area contributed by atoms with Gasteiger partial charge in [-0.2, -0.15) is 0 Å². The molecule has 2 nitrogen and oxygen atoms in total. The summed E-state index contributed by atoms with van der Waals surface area (Å²) in [6.07, 6.45) is 0. The van der Waals surface area contributed by atoms with Crippen LogP contribution in [0.3, 0.4) is 0 Å². The number of Topliss-reactive ketones (excluding diaryl/α,β-unsaturated/α-hetero) is 1. The molecule has 0 aliphatic carbocycles. The maximum Gasteiger partial charge on any atom is 0.174 e. The first-order chi connectivity index (χ1) is 5.29. The zero-order valence-electron chi connectivity index (χ0n) is 5.70. The zero-order chi connectivity index (χ0) is 7.84. The Morgan fingerprint density at radius 3 is 3.00 bits per heavy atom. The van der Waals surface area contributed by atoms with E-state index in [1.165, 1.54) is 11.8 Å². The third-order valence-corrected chi connectivity index (χ3v) is 2.77. The van der Waals surface area contributed by atoms with Crippen molar-refractivity contribution in [3.63, 3.8) is 0 Å². The first-order valence-electron chi connectivity index (χ1n) is 3.27. The predicted octanol–water partition coefficient (Wildman–Crippen LogP) is 1.68. The van der Waals surface area contributed by atoms with Crippen LogP contribution in [0.15, 0.2) is 23.1 Å². The highest BCUT2D eigenvalue weighted by molar-refractivity contribution is 8.00. The number of phenols is 1. The van der Waals surface area contributed by atoms with E-state index in [2.05, 4.69) is 0 Å². The number of ketones is 1. The fourth-order valence-corrected chi connectivity index (χ4v) is 2.10. The Balaban J connectivity index is 2.66. The standard InChI is InChI=1S/C8H6O2S/c9-6-3-1-2-5-7(10)4-11-8(5)6/h1-3,9H,4H2. The number of phenolic OH excluding ortho intramolecular Hbond substituents is 1. The van der Waals surface area contributed by atoms with E-state index in [1.807, 2.05) is 0 Å². The number of fused-ring (bicyclic) bond motifs is 1. The molecular formula is C8H6O2S. The van der Waals surface area contributed by atoms with Gasteiger partial charge in [0.2, 0.25) is 0 Å². The van der Waals surface area contributed by atoms with Crippen LogP contribution >= 0.6 is 11.8 Å². The van der Waals surface area contributed by atoms with Crippen molar-refractivity contribution >= 4 is 17.5 Å². The average Bonchev–Trinajstić information content (AvgIpc) is 2.35. The van der Waals surface area contributed by atoms with Crippen molar-refractivity contribution < 1.29 is 9.90 Å². The number of hydrogen-bond acceptors (Lipinski definition) is 3. The molecule has 1 aliphatic rings. The van der Waals surface area contributed by atoms with E-state index in [-0.39, 0.29) is 11.5 Å². The quantitative estimate of drug-likeness (QED) is 0.637. The molecule has 1 aromatic carbocycles. The second-order valence-corrected chi connectivity index (χ2v) is 3.35. The van der Waals surface area contributed by atoms with Crippen molar-refractivity contribution in [1.82, 2.24) is 0 Å². The van der Waals surface area contributed by atoms with Gasteiger partial charge in [0.25, 0.3) is 0 Å². The second kappa shape index (κ2) is 2.27. The molecule has 0 fully saturated rings. The summed E-state index contributed by atoms with van der Waals surface area (Å²) in [5.74, 6) is 0.798. The molecule has 0 saturated heterocycles. The Bertz CT molecular complexity index is 320. The van der Waals surface area contributed by atoms with Crippen molar-refractivity contribution in [2.75, 3.05) is 5.75 Å². The highest BCUT2D eigenvalue weighted by atomic mass is 32.2. The van der Waals surface area contributed by atoms with Gasteiger partial charge < -0.3 is 5.11 Å². The lowest BCUT2D eigenvalue weighted by Crippen LogP contribution is -1.93. The summed E-state index contributed by atoms with van der Waals surface area (Å²) in [6.45, 7) is 0. The number of aromatic hydroxyl groups is 1. The molecule has 1 aromatic rings. The number of carbonyl (C=O) groups is 1. The van der Waals surface area contributed by atoms with Crippen molar-refractivity contribution in [3.05, 3.63) is 23.8 Å². The predicted molar refractivity (Wildman–Crippen MR) is 43.2 cm³/mol. The van der Waals surface area contributed by atoms with Crippen LogP contribution in [0.25, 0.3) is 0 Å². The van der Waals surface area contributed by atoms with E-state index in [9.17, 15) is 9.90 Å². The van der Waals surface area contributed by atoms with Gasteiger partial charge in [-0.3, -0.25) is 4.79 Å². The van der Waals surface area contributed by atoms with E-state index < -0.39 is 0 Å². The molecule has 1 N–H and O–H groups in total. The Hall–Kier alpha value is -0.960. The summed E-state index contributed by atoms with van der Waals surface area (Å²) < 4.78 is 0. The minimum absolute atomic E-state index is 0.112. The number of hydrogen-bond donors (Lipinski definition) is 1. The van der Waals surface area contributed by atoms with E-state index in [1.54, 1.807) is 18.2 Å². The van der Waals surface area contributed by atoms with Gasteiger partial charge in [0, 0.05) is 5.56 Å². The van der Waals surface area contributed by atoms with Crippen molar-refractivity contribution in [2.45, 2.75) is 4.90 Å². The minimum atomic E-state index is 0.112. The molecule has 0 spiro atoms. The topological polar surface area (TPSA) is 37.3 Å². The highest BCUT2D eigenvalue weighted by Crippen LogP contribution is 2.37. The molecule has 2 rings (SSSR count). The first-order valence-corrected chi connectivity index (χ1v) is 4.25. The number of thioether (sulfide) groups is 1. The normalized spacial score (nSPS) is 15.1. The van der Waals surface area contributed by atoms with Gasteiger partial charge in [-0.25, -0.2) is 0 Å². The molecule has 0 unspecified atom stereocenters. The van der Waals surface area contributed by atoms with E-state index in [4.69, 9.17) is 0 Å². The van der Waals surface area contributed by atoms with Gasteiger partial charge in [0.1, 0.15) is 5.75 Å². The summed E-state index contributed by atoms with van der Waals surface area (Å²) in [7, 11) is 0. The maximum atomic E-state index is 11.1. The van der Waals surface area contributed by atoms with Crippen LogP contribution in [0.5, 0.6) is 5.75 Å². The molecule has 0 aromatic heterocycles. The van der Waals surface area contributed by atoms with Gasteiger partial charge in [-0.05, 0) is 12.1 Å². The van der Waals surface area contributed by atoms with Crippen LogP contribution in [0.1, 0.15) is 10.4 Å². The van der Waals surface area contributed by atoms with Crippen molar-refractivity contribution in [3.8, 4) is 5.75 Å². The molecule has 0 saturated carbocycles. The average molecular weight is 166 g/mol. The lowest BCUT2D eigenvalue weighted by Gasteiger charge is -1.97. The van der Waals surface area contributed by atoms with Gasteiger partial charge in [0.15, 0.2) is 5.78 Å². The van der Waals surface area contributed by atoms with Crippen molar-refractivity contribution in [1.29, 1.82) is 0 Å². The molecule has 0 radical (unpaired) electrons. The zero-order valence-corrected chi connectivity index (χ0v) is 6.52. The lowest BCUT2D eigenvalue weighted by atomic mass is 10.1. The molecule has 0 bridgehead atoms. The van der Waals surface area contributed by atoms with Gasteiger partial charge in [-0.1, -0.05) is 6.07 Å².